The number of nitrogens with zero attached hydrogens (tertiary/aromatic N) is 3. The predicted octanol–water partition coefficient (Wildman–Crippen LogP) is 1.29. The van der Waals surface area contributed by atoms with E-state index in [-0.39, 0.29) is 6.10 Å². The molecule has 0 saturated heterocycles. The first-order valence-electron chi connectivity index (χ1n) is 3.24. The molecule has 0 bridgehead atoms. The van der Waals surface area contributed by atoms with Gasteiger partial charge >= 0.3 is 0 Å². The minimum Gasteiger partial charge on any atom is -0.374 e. The molecule has 4 nitrogen and oxygen atoms in total. The molecule has 0 saturated carbocycles. The maximum atomic E-state index is 5.09. The molecule has 1 atom stereocenters. The smallest absolute Gasteiger partial charge is 0.217 e. The van der Waals surface area contributed by atoms with E-state index in [1.165, 1.54) is 0 Å². The molecule has 1 aromatic heterocycles. The van der Waals surface area contributed by atoms with Gasteiger partial charge in [0.2, 0.25) is 4.73 Å². The van der Waals surface area contributed by atoms with Crippen LogP contribution in [0.1, 0.15) is 18.9 Å². The molecule has 0 aliphatic carbocycles. The maximum absolute atomic E-state index is 5.09. The van der Waals surface area contributed by atoms with Gasteiger partial charge in [0.1, 0.15) is 6.10 Å². The number of rotatable bonds is 2. The summed E-state index contributed by atoms with van der Waals surface area (Å²) in [6, 6.07) is 0. The molecule has 1 aromatic rings. The zero-order chi connectivity index (χ0) is 8.43. The first-order valence-corrected chi connectivity index (χ1v) is 4.03. The average Bonchev–Trinajstić information content (AvgIpc) is 2.28. The molecule has 0 aromatic carbocycles. The van der Waals surface area contributed by atoms with Gasteiger partial charge < -0.3 is 4.74 Å². The van der Waals surface area contributed by atoms with Gasteiger partial charge in [0.05, 0.1) is 0 Å². The van der Waals surface area contributed by atoms with Crippen molar-refractivity contribution in [2.75, 3.05) is 7.11 Å². The molecule has 11 heavy (non-hydrogen) atoms. The minimum absolute atomic E-state index is 0.0150. The third kappa shape index (κ3) is 1.78. The SMILES string of the molecule is COC(C)c1nc(Br)nn1C. The molecule has 0 spiro atoms. The van der Waals surface area contributed by atoms with Crippen molar-refractivity contribution in [3.8, 4) is 0 Å². The van der Waals surface area contributed by atoms with Crippen molar-refractivity contribution >= 4 is 15.9 Å². The molecule has 62 valence electrons. The molecular weight excluding hydrogens is 210 g/mol. The maximum Gasteiger partial charge on any atom is 0.217 e. The summed E-state index contributed by atoms with van der Waals surface area (Å²) in [6.45, 7) is 1.93. The third-order valence-electron chi connectivity index (χ3n) is 1.49. The van der Waals surface area contributed by atoms with Crippen LogP contribution in [0.5, 0.6) is 0 Å². The van der Waals surface area contributed by atoms with Gasteiger partial charge in [0.25, 0.3) is 0 Å². The average molecular weight is 220 g/mol. The van der Waals surface area contributed by atoms with Crippen LogP contribution >= 0.6 is 15.9 Å². The van der Waals surface area contributed by atoms with E-state index in [2.05, 4.69) is 26.0 Å². The Balaban J connectivity index is 2.93. The standard InChI is InChI=1S/C6H10BrN3O/c1-4(11-3)5-8-6(7)9-10(5)2/h4H,1-3H3. The Morgan fingerprint density at radius 1 is 1.64 bits per heavy atom. The lowest BCUT2D eigenvalue weighted by atomic mass is 10.4. The molecule has 5 heteroatoms. The van der Waals surface area contributed by atoms with Crippen molar-refractivity contribution in [1.82, 2.24) is 14.8 Å². The van der Waals surface area contributed by atoms with E-state index >= 15 is 0 Å². The van der Waals surface area contributed by atoms with Crippen LogP contribution in [-0.2, 0) is 11.8 Å². The van der Waals surface area contributed by atoms with E-state index in [1.807, 2.05) is 14.0 Å². The van der Waals surface area contributed by atoms with Crippen LogP contribution in [0.25, 0.3) is 0 Å². The summed E-state index contributed by atoms with van der Waals surface area (Å²) in [5.74, 6) is 0.819. The summed E-state index contributed by atoms with van der Waals surface area (Å²) >= 11 is 3.18. The Bertz CT molecular complexity index is 248. The zero-order valence-electron chi connectivity index (χ0n) is 6.71. The number of aromatic nitrogens is 3. The van der Waals surface area contributed by atoms with Gasteiger partial charge in [0.15, 0.2) is 5.82 Å². The summed E-state index contributed by atoms with van der Waals surface area (Å²) in [7, 11) is 3.48. The van der Waals surface area contributed by atoms with Crippen LogP contribution in [0.3, 0.4) is 0 Å². The van der Waals surface area contributed by atoms with Crippen LogP contribution in [0.15, 0.2) is 4.73 Å². The molecule has 1 unspecified atom stereocenters. The van der Waals surface area contributed by atoms with Crippen molar-refractivity contribution in [2.45, 2.75) is 13.0 Å². The van der Waals surface area contributed by atoms with Gasteiger partial charge in [-0.2, -0.15) is 0 Å². The number of hydrogen-bond donors (Lipinski definition) is 0. The number of aryl methyl sites for hydroxylation is 1. The Morgan fingerprint density at radius 2 is 2.27 bits per heavy atom. The van der Waals surface area contributed by atoms with Crippen LogP contribution in [0, 0.1) is 0 Å². The first-order chi connectivity index (χ1) is 5.15. The fourth-order valence-corrected chi connectivity index (χ4v) is 1.24. The van der Waals surface area contributed by atoms with E-state index in [1.54, 1.807) is 11.8 Å². The number of methoxy groups -OCH3 is 1. The topological polar surface area (TPSA) is 39.9 Å². The van der Waals surface area contributed by atoms with Gasteiger partial charge in [-0.15, -0.1) is 5.10 Å². The van der Waals surface area contributed by atoms with E-state index in [9.17, 15) is 0 Å². The van der Waals surface area contributed by atoms with Crippen LogP contribution in [0.2, 0.25) is 0 Å². The van der Waals surface area contributed by atoms with E-state index in [4.69, 9.17) is 4.74 Å². The highest BCUT2D eigenvalue weighted by atomic mass is 79.9. The highest BCUT2D eigenvalue weighted by Crippen LogP contribution is 2.14. The Labute approximate surface area is 73.7 Å². The van der Waals surface area contributed by atoms with Gasteiger partial charge in [0, 0.05) is 14.2 Å². The lowest BCUT2D eigenvalue weighted by Crippen LogP contribution is -2.05. The quantitative estimate of drug-likeness (QED) is 0.753. The molecule has 1 rings (SSSR count). The van der Waals surface area contributed by atoms with Gasteiger partial charge in [-0.25, -0.2) is 9.67 Å². The molecule has 0 fully saturated rings. The molecule has 0 aliphatic rings. The van der Waals surface area contributed by atoms with Crippen molar-refractivity contribution in [3.63, 3.8) is 0 Å². The summed E-state index contributed by atoms with van der Waals surface area (Å²) in [5, 5.41) is 4.02. The highest BCUT2D eigenvalue weighted by molar-refractivity contribution is 9.10. The Hall–Kier alpha value is -0.420. The Morgan fingerprint density at radius 3 is 2.64 bits per heavy atom. The molecule has 1 heterocycles. The summed E-state index contributed by atoms with van der Waals surface area (Å²) in [5.41, 5.74) is 0. The lowest BCUT2D eigenvalue weighted by Gasteiger charge is -2.06. The lowest BCUT2D eigenvalue weighted by molar-refractivity contribution is 0.109. The molecule has 0 radical (unpaired) electrons. The molecule has 0 aliphatic heterocycles. The van der Waals surface area contributed by atoms with Crippen molar-refractivity contribution < 1.29 is 4.74 Å². The zero-order valence-corrected chi connectivity index (χ0v) is 8.29. The molecule has 0 amide bonds. The Kier molecular flexibility index (Phi) is 2.62. The second-order valence-electron chi connectivity index (χ2n) is 2.24. The summed E-state index contributed by atoms with van der Waals surface area (Å²) < 4.78 is 7.38. The van der Waals surface area contributed by atoms with Crippen LogP contribution in [0.4, 0.5) is 0 Å². The van der Waals surface area contributed by atoms with Gasteiger partial charge in [-0.3, -0.25) is 0 Å². The largest absolute Gasteiger partial charge is 0.374 e. The number of halogens is 1. The van der Waals surface area contributed by atoms with Crippen molar-refractivity contribution in [3.05, 3.63) is 10.6 Å². The summed E-state index contributed by atoms with van der Waals surface area (Å²) in [6.07, 6.45) is -0.0150. The van der Waals surface area contributed by atoms with E-state index in [0.29, 0.717) is 4.73 Å². The highest BCUT2D eigenvalue weighted by Gasteiger charge is 2.11. The molecule has 0 N–H and O–H groups in total. The first kappa shape index (κ1) is 8.67. The van der Waals surface area contributed by atoms with Crippen LogP contribution in [-0.4, -0.2) is 21.9 Å². The predicted molar refractivity (Wildman–Crippen MR) is 44.1 cm³/mol. The fraction of sp³-hybridized carbons (Fsp3) is 0.667. The van der Waals surface area contributed by atoms with Crippen molar-refractivity contribution in [1.29, 1.82) is 0 Å². The number of hydrogen-bond acceptors (Lipinski definition) is 3. The fourth-order valence-electron chi connectivity index (χ4n) is 0.824. The number of ether oxygens (including phenoxy) is 1. The van der Waals surface area contributed by atoms with Gasteiger partial charge in [-0.05, 0) is 22.9 Å². The minimum atomic E-state index is -0.0150. The van der Waals surface area contributed by atoms with Crippen molar-refractivity contribution in [2.24, 2.45) is 7.05 Å². The summed E-state index contributed by atoms with van der Waals surface area (Å²) in [4.78, 5) is 4.12. The third-order valence-corrected chi connectivity index (χ3v) is 1.82. The monoisotopic (exact) mass is 219 g/mol. The normalized spacial score (nSPS) is 13.5. The van der Waals surface area contributed by atoms with E-state index in [0.717, 1.165) is 5.82 Å². The van der Waals surface area contributed by atoms with E-state index < -0.39 is 0 Å². The van der Waals surface area contributed by atoms with Crippen LogP contribution < -0.4 is 0 Å². The second-order valence-corrected chi connectivity index (χ2v) is 2.95. The van der Waals surface area contributed by atoms with Gasteiger partial charge in [-0.1, -0.05) is 0 Å². The second kappa shape index (κ2) is 3.32. The molecular formula is C6H10BrN3O.